The molecule has 0 spiro atoms. The van der Waals surface area contributed by atoms with Crippen molar-refractivity contribution < 1.29 is 4.79 Å². The van der Waals surface area contributed by atoms with E-state index in [0.717, 1.165) is 12.3 Å². The first-order valence-corrected chi connectivity index (χ1v) is 7.16. The van der Waals surface area contributed by atoms with Gasteiger partial charge < -0.3 is 0 Å². The molecule has 0 aromatic rings. The zero-order valence-corrected chi connectivity index (χ0v) is 11.9. The highest BCUT2D eigenvalue weighted by molar-refractivity contribution is 5.99. The van der Waals surface area contributed by atoms with Crippen LogP contribution in [0.4, 0.5) is 0 Å². The average molecular weight is 239 g/mol. The molecular weight excluding hydrogens is 210 g/mol. The number of aliphatic imine (C=N–C) groups is 1. The fourth-order valence-corrected chi connectivity index (χ4v) is 1.93. The van der Waals surface area contributed by atoms with Crippen LogP contribution in [0.2, 0.25) is 0 Å². The van der Waals surface area contributed by atoms with Crippen LogP contribution < -0.4 is 0 Å². The van der Waals surface area contributed by atoms with E-state index in [2.05, 4.69) is 11.9 Å². The Hall–Kier alpha value is -0.660. The summed E-state index contributed by atoms with van der Waals surface area (Å²) in [4.78, 5) is 15.2. The molecular formula is C15H29NO. The Morgan fingerprint density at radius 3 is 1.94 bits per heavy atom. The third-order valence-corrected chi connectivity index (χ3v) is 2.90. The van der Waals surface area contributed by atoms with Crippen molar-refractivity contribution in [1.82, 2.24) is 0 Å². The zero-order chi connectivity index (χ0) is 12.9. The van der Waals surface area contributed by atoms with Gasteiger partial charge in [-0.05, 0) is 20.3 Å². The summed E-state index contributed by atoms with van der Waals surface area (Å²) >= 11 is 0. The van der Waals surface area contributed by atoms with E-state index in [1.54, 1.807) is 6.92 Å². The largest absolute Gasteiger partial charge is 0.300 e. The lowest BCUT2D eigenvalue weighted by molar-refractivity contribution is -0.115. The molecule has 0 aromatic heterocycles. The first kappa shape index (κ1) is 16.3. The number of hydrogen-bond donors (Lipinski definition) is 0. The smallest absolute Gasteiger partial charge is 0.135 e. The number of carbonyl (C=O) groups is 1. The monoisotopic (exact) mass is 239 g/mol. The minimum absolute atomic E-state index is 0.210. The summed E-state index contributed by atoms with van der Waals surface area (Å²) in [5.74, 6) is 0.210. The van der Waals surface area contributed by atoms with Gasteiger partial charge in [-0.2, -0.15) is 0 Å². The molecule has 0 amide bonds. The Balaban J connectivity index is 3.25. The van der Waals surface area contributed by atoms with Gasteiger partial charge in [0, 0.05) is 18.7 Å². The fraction of sp³-hybridized carbons (Fsp3) is 0.867. The Morgan fingerprint density at radius 1 is 0.882 bits per heavy atom. The quantitative estimate of drug-likeness (QED) is 0.383. The average Bonchev–Trinajstić information content (AvgIpc) is 2.26. The Morgan fingerprint density at radius 2 is 1.41 bits per heavy atom. The maximum atomic E-state index is 10.8. The van der Waals surface area contributed by atoms with Gasteiger partial charge in [0.05, 0.1) is 0 Å². The Labute approximate surface area is 107 Å². The van der Waals surface area contributed by atoms with Gasteiger partial charge in [0.15, 0.2) is 0 Å². The predicted molar refractivity (Wildman–Crippen MR) is 75.9 cm³/mol. The van der Waals surface area contributed by atoms with Crippen molar-refractivity contribution in [3.05, 3.63) is 0 Å². The van der Waals surface area contributed by atoms with Gasteiger partial charge in [-0.25, -0.2) is 0 Å². The van der Waals surface area contributed by atoms with Crippen molar-refractivity contribution in [3.63, 3.8) is 0 Å². The summed E-state index contributed by atoms with van der Waals surface area (Å²) in [7, 11) is 0. The molecule has 0 aliphatic rings. The van der Waals surface area contributed by atoms with Crippen LogP contribution >= 0.6 is 0 Å². The van der Waals surface area contributed by atoms with Crippen molar-refractivity contribution >= 4 is 11.5 Å². The Kier molecular flexibility index (Phi) is 11.4. The predicted octanol–water partition coefficient (Wildman–Crippen LogP) is 4.57. The normalized spacial score (nSPS) is 11.8. The Bertz CT molecular complexity index is 221. The summed E-state index contributed by atoms with van der Waals surface area (Å²) < 4.78 is 0. The number of Topliss-reactive ketones (excluding diaryl/α,β-unsaturated/α-hetero) is 1. The fourth-order valence-electron chi connectivity index (χ4n) is 1.93. The lowest BCUT2D eigenvalue weighted by atomic mass is 10.1. The maximum absolute atomic E-state index is 10.8. The zero-order valence-electron chi connectivity index (χ0n) is 11.9. The molecule has 0 bridgehead atoms. The highest BCUT2D eigenvalue weighted by Crippen LogP contribution is 2.08. The van der Waals surface area contributed by atoms with Crippen molar-refractivity contribution in [2.45, 2.75) is 78.6 Å². The molecule has 2 heteroatoms. The van der Waals surface area contributed by atoms with Crippen LogP contribution in [0.15, 0.2) is 4.99 Å². The molecule has 0 rings (SSSR count). The lowest BCUT2D eigenvalue weighted by Gasteiger charge is -2.01. The van der Waals surface area contributed by atoms with Gasteiger partial charge in [-0.15, -0.1) is 0 Å². The molecule has 0 saturated carbocycles. The van der Waals surface area contributed by atoms with E-state index in [4.69, 9.17) is 0 Å². The van der Waals surface area contributed by atoms with Crippen LogP contribution in [0, 0.1) is 0 Å². The molecule has 0 aliphatic heterocycles. The standard InChI is InChI=1S/C15H29NO/c1-4-5-6-7-8-9-10-11-12-16-14(2)13-15(3)17/h4-13H2,1-3H3/b16-14+. The van der Waals surface area contributed by atoms with Crippen LogP contribution in [0.25, 0.3) is 0 Å². The van der Waals surface area contributed by atoms with Crippen molar-refractivity contribution in [1.29, 1.82) is 0 Å². The summed E-state index contributed by atoms with van der Waals surface area (Å²) in [6.45, 7) is 6.72. The molecule has 100 valence electrons. The first-order valence-electron chi connectivity index (χ1n) is 7.16. The van der Waals surface area contributed by atoms with E-state index in [1.165, 1.54) is 51.4 Å². The molecule has 0 saturated heterocycles. The summed E-state index contributed by atoms with van der Waals surface area (Å²) in [6, 6.07) is 0. The SMILES string of the molecule is CCCCCCCCCC/N=C(\C)CC(C)=O. The lowest BCUT2D eigenvalue weighted by Crippen LogP contribution is -2.00. The van der Waals surface area contributed by atoms with Crippen molar-refractivity contribution in [2.75, 3.05) is 6.54 Å². The van der Waals surface area contributed by atoms with Crippen molar-refractivity contribution in [3.8, 4) is 0 Å². The molecule has 2 nitrogen and oxygen atoms in total. The molecule has 0 heterocycles. The first-order chi connectivity index (χ1) is 8.16. The van der Waals surface area contributed by atoms with Crippen LogP contribution in [0.3, 0.4) is 0 Å². The van der Waals surface area contributed by atoms with Gasteiger partial charge in [-0.1, -0.05) is 51.9 Å². The van der Waals surface area contributed by atoms with Crippen LogP contribution in [0.1, 0.15) is 78.6 Å². The van der Waals surface area contributed by atoms with Gasteiger partial charge in [-0.3, -0.25) is 9.79 Å². The maximum Gasteiger partial charge on any atom is 0.135 e. The summed E-state index contributed by atoms with van der Waals surface area (Å²) in [5, 5.41) is 0. The molecule has 0 atom stereocenters. The van der Waals surface area contributed by atoms with E-state index in [-0.39, 0.29) is 5.78 Å². The number of ketones is 1. The van der Waals surface area contributed by atoms with Gasteiger partial charge >= 0.3 is 0 Å². The van der Waals surface area contributed by atoms with Crippen LogP contribution in [0.5, 0.6) is 0 Å². The van der Waals surface area contributed by atoms with E-state index in [1.807, 2.05) is 6.92 Å². The number of nitrogens with zero attached hydrogens (tertiary/aromatic N) is 1. The highest BCUT2D eigenvalue weighted by Gasteiger charge is 1.96. The van der Waals surface area contributed by atoms with E-state index < -0.39 is 0 Å². The molecule has 0 N–H and O–H groups in total. The minimum Gasteiger partial charge on any atom is -0.300 e. The third kappa shape index (κ3) is 13.3. The number of rotatable bonds is 11. The highest BCUT2D eigenvalue weighted by atomic mass is 16.1. The van der Waals surface area contributed by atoms with Crippen LogP contribution in [-0.4, -0.2) is 18.0 Å². The van der Waals surface area contributed by atoms with E-state index >= 15 is 0 Å². The van der Waals surface area contributed by atoms with Gasteiger partial charge in [0.25, 0.3) is 0 Å². The topological polar surface area (TPSA) is 29.4 Å². The third-order valence-electron chi connectivity index (χ3n) is 2.90. The number of hydrogen-bond acceptors (Lipinski definition) is 2. The molecule has 0 radical (unpaired) electrons. The van der Waals surface area contributed by atoms with Gasteiger partial charge in [0.2, 0.25) is 0 Å². The minimum atomic E-state index is 0.210. The molecule has 0 aliphatic carbocycles. The molecule has 0 fully saturated rings. The molecule has 0 aromatic carbocycles. The van der Waals surface area contributed by atoms with Gasteiger partial charge in [0.1, 0.15) is 5.78 Å². The second-order valence-electron chi connectivity index (χ2n) is 4.97. The summed E-state index contributed by atoms with van der Waals surface area (Å²) in [6.07, 6.45) is 11.2. The van der Waals surface area contributed by atoms with E-state index in [0.29, 0.717) is 6.42 Å². The van der Waals surface area contributed by atoms with Crippen molar-refractivity contribution in [2.24, 2.45) is 4.99 Å². The summed E-state index contributed by atoms with van der Waals surface area (Å²) in [5.41, 5.74) is 0.987. The molecule has 0 unspecified atom stereocenters. The number of unbranched alkanes of at least 4 members (excludes halogenated alkanes) is 7. The second kappa shape index (κ2) is 11.8. The number of carbonyl (C=O) groups excluding carboxylic acids is 1. The second-order valence-corrected chi connectivity index (χ2v) is 4.97. The molecule has 17 heavy (non-hydrogen) atoms. The van der Waals surface area contributed by atoms with E-state index in [9.17, 15) is 4.79 Å². The van der Waals surface area contributed by atoms with Crippen LogP contribution in [-0.2, 0) is 4.79 Å².